The lowest BCUT2D eigenvalue weighted by molar-refractivity contribution is 0.756. The SMILES string of the molecule is Cc1ccc(NCc2cn(C)nc2C)c(C(N)=S)c1. The number of thiocarbonyl (C=S) groups is 1. The van der Waals surface area contributed by atoms with E-state index >= 15 is 0 Å². The van der Waals surface area contributed by atoms with Gasteiger partial charge >= 0.3 is 0 Å². The van der Waals surface area contributed by atoms with Gasteiger partial charge in [0.2, 0.25) is 0 Å². The van der Waals surface area contributed by atoms with Crippen LogP contribution in [0.1, 0.15) is 22.4 Å². The molecule has 2 aromatic rings. The number of nitrogens with zero attached hydrogens (tertiary/aromatic N) is 2. The molecule has 0 radical (unpaired) electrons. The largest absolute Gasteiger partial charge is 0.389 e. The van der Waals surface area contributed by atoms with Crippen molar-refractivity contribution in [1.82, 2.24) is 9.78 Å². The molecule has 1 aromatic heterocycles. The molecule has 0 fully saturated rings. The lowest BCUT2D eigenvalue weighted by atomic mass is 10.1. The molecule has 0 bridgehead atoms. The Morgan fingerprint density at radius 1 is 1.42 bits per heavy atom. The van der Waals surface area contributed by atoms with Crippen LogP contribution < -0.4 is 11.1 Å². The minimum Gasteiger partial charge on any atom is -0.389 e. The molecule has 0 saturated heterocycles. The van der Waals surface area contributed by atoms with E-state index in [1.165, 1.54) is 0 Å². The summed E-state index contributed by atoms with van der Waals surface area (Å²) in [6, 6.07) is 6.05. The maximum Gasteiger partial charge on any atom is 0.106 e. The quantitative estimate of drug-likeness (QED) is 0.840. The number of benzene rings is 1. The Bertz CT molecular complexity index is 616. The molecule has 1 aromatic carbocycles. The highest BCUT2D eigenvalue weighted by Gasteiger charge is 2.07. The molecule has 0 spiro atoms. The first-order chi connectivity index (χ1) is 8.97. The molecule has 1 heterocycles. The predicted molar refractivity (Wildman–Crippen MR) is 82.3 cm³/mol. The van der Waals surface area contributed by atoms with Crippen LogP contribution in [0, 0.1) is 13.8 Å². The van der Waals surface area contributed by atoms with Crippen molar-refractivity contribution in [2.24, 2.45) is 12.8 Å². The molecule has 4 nitrogen and oxygen atoms in total. The van der Waals surface area contributed by atoms with Crippen molar-refractivity contribution >= 4 is 22.9 Å². The molecule has 0 unspecified atom stereocenters. The van der Waals surface area contributed by atoms with Crippen LogP contribution in [-0.2, 0) is 13.6 Å². The molecule has 19 heavy (non-hydrogen) atoms. The van der Waals surface area contributed by atoms with Gasteiger partial charge < -0.3 is 11.1 Å². The van der Waals surface area contributed by atoms with Gasteiger partial charge in [0, 0.05) is 36.6 Å². The number of aromatic nitrogens is 2. The Labute approximate surface area is 118 Å². The van der Waals surface area contributed by atoms with Gasteiger partial charge in [-0.15, -0.1) is 0 Å². The van der Waals surface area contributed by atoms with E-state index in [2.05, 4.69) is 10.4 Å². The van der Waals surface area contributed by atoms with Crippen LogP contribution in [0.2, 0.25) is 0 Å². The molecule has 2 rings (SSSR count). The first-order valence-corrected chi connectivity index (χ1v) is 6.51. The zero-order valence-electron chi connectivity index (χ0n) is 11.4. The number of hydrogen-bond donors (Lipinski definition) is 2. The Morgan fingerprint density at radius 2 is 2.16 bits per heavy atom. The van der Waals surface area contributed by atoms with E-state index < -0.39 is 0 Å². The monoisotopic (exact) mass is 274 g/mol. The van der Waals surface area contributed by atoms with Gasteiger partial charge in [0.15, 0.2) is 0 Å². The zero-order valence-corrected chi connectivity index (χ0v) is 12.2. The van der Waals surface area contributed by atoms with Crippen LogP contribution in [0.4, 0.5) is 5.69 Å². The summed E-state index contributed by atoms with van der Waals surface area (Å²) in [4.78, 5) is 0.411. The predicted octanol–water partition coefficient (Wildman–Crippen LogP) is 2.28. The van der Waals surface area contributed by atoms with E-state index in [9.17, 15) is 0 Å². The van der Waals surface area contributed by atoms with Gasteiger partial charge in [-0.2, -0.15) is 5.10 Å². The average molecular weight is 274 g/mol. The molecular weight excluding hydrogens is 256 g/mol. The van der Waals surface area contributed by atoms with Gasteiger partial charge in [-0.3, -0.25) is 4.68 Å². The van der Waals surface area contributed by atoms with Crippen LogP contribution in [0.15, 0.2) is 24.4 Å². The fourth-order valence-corrected chi connectivity index (χ4v) is 2.20. The molecule has 0 aliphatic heterocycles. The summed E-state index contributed by atoms with van der Waals surface area (Å²) in [5.74, 6) is 0. The summed E-state index contributed by atoms with van der Waals surface area (Å²) in [6.45, 7) is 4.73. The minimum atomic E-state index is 0.411. The van der Waals surface area contributed by atoms with Crippen LogP contribution in [0.5, 0.6) is 0 Å². The maximum atomic E-state index is 5.76. The maximum absolute atomic E-state index is 5.76. The number of nitrogens with one attached hydrogen (secondary N) is 1. The number of anilines is 1. The molecule has 0 amide bonds. The zero-order chi connectivity index (χ0) is 14.0. The summed E-state index contributed by atoms with van der Waals surface area (Å²) in [7, 11) is 1.92. The summed E-state index contributed by atoms with van der Waals surface area (Å²) >= 11 is 5.09. The van der Waals surface area contributed by atoms with Crippen molar-refractivity contribution in [1.29, 1.82) is 0 Å². The summed E-state index contributed by atoms with van der Waals surface area (Å²) in [6.07, 6.45) is 2.01. The van der Waals surface area contributed by atoms with Gasteiger partial charge in [0.1, 0.15) is 4.99 Å². The Hall–Kier alpha value is -1.88. The molecule has 5 heteroatoms. The number of aryl methyl sites for hydroxylation is 3. The Kier molecular flexibility index (Phi) is 3.85. The lowest BCUT2D eigenvalue weighted by Gasteiger charge is -2.11. The van der Waals surface area contributed by atoms with Crippen LogP contribution in [0.3, 0.4) is 0 Å². The molecule has 100 valence electrons. The summed E-state index contributed by atoms with van der Waals surface area (Å²) in [5, 5.41) is 7.69. The molecule has 0 saturated carbocycles. The summed E-state index contributed by atoms with van der Waals surface area (Å²) in [5.41, 5.74) is 10.9. The fraction of sp³-hybridized carbons (Fsp3) is 0.286. The smallest absolute Gasteiger partial charge is 0.106 e. The second-order valence-corrected chi connectivity index (χ2v) is 5.12. The van der Waals surface area contributed by atoms with Crippen LogP contribution in [0.25, 0.3) is 0 Å². The van der Waals surface area contributed by atoms with Gasteiger partial charge in [-0.25, -0.2) is 0 Å². The van der Waals surface area contributed by atoms with Crippen LogP contribution in [-0.4, -0.2) is 14.8 Å². The normalized spacial score (nSPS) is 10.5. The number of hydrogen-bond acceptors (Lipinski definition) is 3. The highest BCUT2D eigenvalue weighted by atomic mass is 32.1. The summed E-state index contributed by atoms with van der Waals surface area (Å²) < 4.78 is 1.82. The Balaban J connectivity index is 2.20. The van der Waals surface area contributed by atoms with Crippen molar-refractivity contribution in [3.05, 3.63) is 46.8 Å². The molecule has 0 aliphatic carbocycles. The number of rotatable bonds is 4. The fourth-order valence-electron chi connectivity index (χ4n) is 2.03. The van der Waals surface area contributed by atoms with Crippen molar-refractivity contribution < 1.29 is 0 Å². The van der Waals surface area contributed by atoms with Gasteiger partial charge in [0.05, 0.1) is 5.69 Å². The van der Waals surface area contributed by atoms with Crippen molar-refractivity contribution in [2.75, 3.05) is 5.32 Å². The second kappa shape index (κ2) is 5.40. The third kappa shape index (κ3) is 3.12. The minimum absolute atomic E-state index is 0.411. The van der Waals surface area contributed by atoms with Crippen molar-refractivity contribution in [3.63, 3.8) is 0 Å². The lowest BCUT2D eigenvalue weighted by Crippen LogP contribution is -2.13. The topological polar surface area (TPSA) is 55.9 Å². The Morgan fingerprint density at radius 3 is 2.74 bits per heavy atom. The van der Waals surface area contributed by atoms with E-state index in [4.69, 9.17) is 18.0 Å². The first-order valence-electron chi connectivity index (χ1n) is 6.11. The van der Waals surface area contributed by atoms with Gasteiger partial charge in [-0.1, -0.05) is 23.8 Å². The third-order valence-corrected chi connectivity index (χ3v) is 3.24. The molecule has 0 atom stereocenters. The van der Waals surface area contributed by atoms with E-state index in [-0.39, 0.29) is 0 Å². The molecular formula is C14H18N4S. The average Bonchev–Trinajstić information content (AvgIpc) is 2.66. The molecule has 3 N–H and O–H groups in total. The van der Waals surface area contributed by atoms with Crippen LogP contribution >= 0.6 is 12.2 Å². The number of nitrogens with two attached hydrogens (primary N) is 1. The standard InChI is InChI=1S/C14H18N4S/c1-9-4-5-13(12(6-9)14(15)19)16-7-11-8-18(3)17-10(11)2/h4-6,8,16H,7H2,1-3H3,(H2,15,19). The van der Waals surface area contributed by atoms with E-state index in [0.29, 0.717) is 11.5 Å². The van der Waals surface area contributed by atoms with Gasteiger partial charge in [0.25, 0.3) is 0 Å². The van der Waals surface area contributed by atoms with Crippen molar-refractivity contribution in [3.8, 4) is 0 Å². The highest BCUT2D eigenvalue weighted by molar-refractivity contribution is 7.80. The second-order valence-electron chi connectivity index (χ2n) is 4.68. The van der Waals surface area contributed by atoms with Gasteiger partial charge in [-0.05, 0) is 26.0 Å². The molecule has 0 aliphatic rings. The van der Waals surface area contributed by atoms with E-state index in [1.54, 1.807) is 0 Å². The van der Waals surface area contributed by atoms with E-state index in [0.717, 1.165) is 28.1 Å². The van der Waals surface area contributed by atoms with E-state index in [1.807, 2.05) is 50.0 Å². The third-order valence-electron chi connectivity index (χ3n) is 3.02. The highest BCUT2D eigenvalue weighted by Crippen LogP contribution is 2.18. The van der Waals surface area contributed by atoms with Crippen molar-refractivity contribution in [2.45, 2.75) is 20.4 Å². The first kappa shape index (κ1) is 13.5.